The Hall–Kier alpha value is -2.04. The van der Waals surface area contributed by atoms with Gasteiger partial charge in [0.05, 0.1) is 5.56 Å². The second-order valence-corrected chi connectivity index (χ2v) is 6.77. The van der Waals surface area contributed by atoms with E-state index in [0.717, 1.165) is 25.2 Å². The molecule has 5 nitrogen and oxygen atoms in total. The lowest BCUT2D eigenvalue weighted by atomic mass is 9.92. The highest BCUT2D eigenvalue weighted by Crippen LogP contribution is 2.21. The molecule has 1 heterocycles. The van der Waals surface area contributed by atoms with Crippen LogP contribution < -0.4 is 4.90 Å². The number of nitrogens with zero attached hydrogens (tertiary/aromatic N) is 2. The first-order chi connectivity index (χ1) is 10.9. The average molecular weight is 318 g/mol. The Bertz CT molecular complexity index is 561. The van der Waals surface area contributed by atoms with Crippen molar-refractivity contribution in [2.24, 2.45) is 11.8 Å². The number of hydrogen-bond acceptors (Lipinski definition) is 4. The molecular weight excluding hydrogens is 292 g/mol. The zero-order chi connectivity index (χ0) is 17.0. The van der Waals surface area contributed by atoms with Gasteiger partial charge in [0, 0.05) is 32.9 Å². The summed E-state index contributed by atoms with van der Waals surface area (Å²) in [5.41, 5.74) is 1.38. The SMILES string of the molecule is C[C@@H]1C[C@@H](C)CN(C(=O)COC(=O)c2cccc(N(C)C)c2)C1. The lowest BCUT2D eigenvalue weighted by Gasteiger charge is -2.34. The van der Waals surface area contributed by atoms with Gasteiger partial charge < -0.3 is 14.5 Å². The van der Waals surface area contributed by atoms with Gasteiger partial charge in [-0.3, -0.25) is 4.79 Å². The third kappa shape index (κ3) is 4.71. The summed E-state index contributed by atoms with van der Waals surface area (Å²) in [6.45, 7) is 5.60. The summed E-state index contributed by atoms with van der Waals surface area (Å²) in [5, 5.41) is 0. The van der Waals surface area contributed by atoms with Gasteiger partial charge >= 0.3 is 5.97 Å². The molecule has 1 aromatic carbocycles. The number of amides is 1. The molecule has 0 unspecified atom stereocenters. The molecule has 0 aliphatic carbocycles. The van der Waals surface area contributed by atoms with Gasteiger partial charge in [0.2, 0.25) is 0 Å². The van der Waals surface area contributed by atoms with Gasteiger partial charge in [-0.15, -0.1) is 0 Å². The Morgan fingerprint density at radius 2 is 1.87 bits per heavy atom. The second kappa shape index (κ2) is 7.49. The van der Waals surface area contributed by atoms with E-state index in [1.54, 1.807) is 12.1 Å². The van der Waals surface area contributed by atoms with Crippen LogP contribution in [0.4, 0.5) is 5.69 Å². The van der Waals surface area contributed by atoms with Crippen molar-refractivity contribution in [1.82, 2.24) is 4.90 Å². The van der Waals surface area contributed by atoms with Crippen molar-refractivity contribution in [1.29, 1.82) is 0 Å². The minimum absolute atomic E-state index is 0.111. The van der Waals surface area contributed by atoms with E-state index in [0.29, 0.717) is 17.4 Å². The first kappa shape index (κ1) is 17.3. The molecule has 0 bridgehead atoms. The number of carbonyl (C=O) groups is 2. The van der Waals surface area contributed by atoms with Crippen LogP contribution in [-0.4, -0.2) is 50.6 Å². The number of carbonyl (C=O) groups excluding carboxylic acids is 2. The highest BCUT2D eigenvalue weighted by Gasteiger charge is 2.26. The Kier molecular flexibility index (Phi) is 5.64. The van der Waals surface area contributed by atoms with Crippen molar-refractivity contribution in [3.63, 3.8) is 0 Å². The topological polar surface area (TPSA) is 49.9 Å². The zero-order valence-electron chi connectivity index (χ0n) is 14.4. The number of ether oxygens (including phenoxy) is 1. The number of rotatable bonds is 4. The molecule has 0 aromatic heterocycles. The van der Waals surface area contributed by atoms with Crippen molar-refractivity contribution in [3.05, 3.63) is 29.8 Å². The summed E-state index contributed by atoms with van der Waals surface area (Å²) in [6.07, 6.45) is 1.14. The van der Waals surface area contributed by atoms with Crippen LogP contribution in [-0.2, 0) is 9.53 Å². The van der Waals surface area contributed by atoms with Crippen molar-refractivity contribution < 1.29 is 14.3 Å². The zero-order valence-corrected chi connectivity index (χ0v) is 14.4. The first-order valence-electron chi connectivity index (χ1n) is 8.09. The number of benzene rings is 1. The monoisotopic (exact) mass is 318 g/mol. The molecule has 0 N–H and O–H groups in total. The fourth-order valence-electron chi connectivity index (χ4n) is 3.08. The van der Waals surface area contributed by atoms with E-state index in [-0.39, 0.29) is 12.5 Å². The Morgan fingerprint density at radius 3 is 2.48 bits per heavy atom. The predicted molar refractivity (Wildman–Crippen MR) is 90.6 cm³/mol. The van der Waals surface area contributed by atoms with Gasteiger partial charge in [-0.05, 0) is 36.5 Å². The number of likely N-dealkylation sites (tertiary alicyclic amines) is 1. The normalized spacial score (nSPS) is 21.0. The molecule has 1 fully saturated rings. The standard InChI is InChI=1S/C18H26N2O3/c1-13-8-14(2)11-20(10-13)17(21)12-23-18(22)15-6-5-7-16(9-15)19(3)4/h5-7,9,13-14H,8,10-12H2,1-4H3/t13-,14-/m1/s1. The average Bonchev–Trinajstić information content (AvgIpc) is 2.51. The Morgan fingerprint density at radius 1 is 1.22 bits per heavy atom. The molecule has 5 heteroatoms. The molecule has 1 saturated heterocycles. The van der Waals surface area contributed by atoms with Crippen molar-refractivity contribution in [2.45, 2.75) is 20.3 Å². The van der Waals surface area contributed by atoms with Gasteiger partial charge in [-0.1, -0.05) is 19.9 Å². The summed E-state index contributed by atoms with van der Waals surface area (Å²) >= 11 is 0. The molecule has 23 heavy (non-hydrogen) atoms. The maximum absolute atomic E-state index is 12.2. The molecule has 1 aliphatic rings. The highest BCUT2D eigenvalue weighted by atomic mass is 16.5. The molecule has 0 saturated carbocycles. The molecule has 1 amide bonds. The highest BCUT2D eigenvalue weighted by molar-refractivity contribution is 5.92. The van der Waals surface area contributed by atoms with Crippen molar-refractivity contribution in [2.75, 3.05) is 38.7 Å². The van der Waals surface area contributed by atoms with Gasteiger partial charge in [0.25, 0.3) is 5.91 Å². The molecule has 0 radical (unpaired) electrons. The molecule has 1 aromatic rings. The van der Waals surface area contributed by atoms with Crippen LogP contribution in [0.1, 0.15) is 30.6 Å². The number of piperidine rings is 1. The lowest BCUT2D eigenvalue weighted by Crippen LogP contribution is -2.44. The Labute approximate surface area is 138 Å². The van der Waals surface area contributed by atoms with Gasteiger partial charge in [-0.2, -0.15) is 0 Å². The van der Waals surface area contributed by atoms with E-state index in [1.807, 2.05) is 36.0 Å². The third-order valence-electron chi connectivity index (χ3n) is 4.15. The fourth-order valence-corrected chi connectivity index (χ4v) is 3.08. The molecular formula is C18H26N2O3. The van der Waals surface area contributed by atoms with Crippen molar-refractivity contribution >= 4 is 17.6 Å². The predicted octanol–water partition coefficient (Wildman–Crippen LogP) is 2.41. The van der Waals surface area contributed by atoms with E-state index in [4.69, 9.17) is 4.74 Å². The van der Waals surface area contributed by atoms with Crippen LogP contribution >= 0.6 is 0 Å². The van der Waals surface area contributed by atoms with Crippen LogP contribution in [0.15, 0.2) is 24.3 Å². The van der Waals surface area contributed by atoms with Crippen LogP contribution in [0.25, 0.3) is 0 Å². The largest absolute Gasteiger partial charge is 0.452 e. The maximum atomic E-state index is 12.2. The van der Waals surface area contributed by atoms with Gasteiger partial charge in [0.1, 0.15) is 0 Å². The lowest BCUT2D eigenvalue weighted by molar-refractivity contribution is -0.137. The summed E-state index contributed by atoms with van der Waals surface area (Å²) in [6, 6.07) is 7.18. The molecule has 2 atom stereocenters. The number of anilines is 1. The van der Waals surface area contributed by atoms with Crippen LogP contribution in [0, 0.1) is 11.8 Å². The Balaban J connectivity index is 1.91. The second-order valence-electron chi connectivity index (χ2n) is 6.77. The van der Waals surface area contributed by atoms with E-state index in [2.05, 4.69) is 13.8 Å². The molecule has 2 rings (SSSR count). The smallest absolute Gasteiger partial charge is 0.338 e. The van der Waals surface area contributed by atoms with Crippen LogP contribution in [0.5, 0.6) is 0 Å². The minimum Gasteiger partial charge on any atom is -0.452 e. The summed E-state index contributed by atoms with van der Waals surface area (Å²) in [5.74, 6) is 0.422. The third-order valence-corrected chi connectivity index (χ3v) is 4.15. The van der Waals surface area contributed by atoms with Crippen molar-refractivity contribution in [3.8, 4) is 0 Å². The summed E-state index contributed by atoms with van der Waals surface area (Å²) < 4.78 is 5.20. The summed E-state index contributed by atoms with van der Waals surface area (Å²) in [7, 11) is 3.82. The van der Waals surface area contributed by atoms with E-state index in [9.17, 15) is 9.59 Å². The summed E-state index contributed by atoms with van der Waals surface area (Å²) in [4.78, 5) is 28.1. The van der Waals surface area contributed by atoms with E-state index >= 15 is 0 Å². The first-order valence-corrected chi connectivity index (χ1v) is 8.09. The van der Waals surface area contributed by atoms with E-state index in [1.165, 1.54) is 0 Å². The molecule has 1 aliphatic heterocycles. The van der Waals surface area contributed by atoms with Gasteiger partial charge in [-0.25, -0.2) is 4.79 Å². The molecule has 0 spiro atoms. The van der Waals surface area contributed by atoms with Gasteiger partial charge in [0.15, 0.2) is 6.61 Å². The van der Waals surface area contributed by atoms with E-state index < -0.39 is 5.97 Å². The molecule has 126 valence electrons. The number of hydrogen-bond donors (Lipinski definition) is 0. The fraction of sp³-hybridized carbons (Fsp3) is 0.556. The minimum atomic E-state index is -0.458. The quantitative estimate of drug-likeness (QED) is 0.800. The number of esters is 1. The maximum Gasteiger partial charge on any atom is 0.338 e. The van der Waals surface area contributed by atoms with Crippen LogP contribution in [0.2, 0.25) is 0 Å². The van der Waals surface area contributed by atoms with Crippen LogP contribution in [0.3, 0.4) is 0 Å².